The average molecular weight is 177 g/mol. The maximum Gasteiger partial charge on any atom is 0.323 e. The van der Waals surface area contributed by atoms with Gasteiger partial charge in [-0.3, -0.25) is 10.1 Å². The molecule has 0 saturated carbocycles. The van der Waals surface area contributed by atoms with Crippen molar-refractivity contribution >= 4 is 5.97 Å². The van der Waals surface area contributed by atoms with Gasteiger partial charge in [0.1, 0.15) is 18.2 Å². The van der Waals surface area contributed by atoms with Crippen LogP contribution in [-0.2, 0) is 4.79 Å². The normalized spacial score (nSPS) is 42.6. The van der Waals surface area contributed by atoms with E-state index >= 15 is 0 Å². The molecule has 0 aromatic heterocycles. The van der Waals surface area contributed by atoms with Crippen LogP contribution >= 0.6 is 0 Å². The number of carboxylic acid groups (broad SMARTS) is 1. The molecule has 0 aliphatic carbocycles. The van der Waals surface area contributed by atoms with Crippen LogP contribution in [0.4, 0.5) is 0 Å². The van der Waals surface area contributed by atoms with E-state index in [9.17, 15) is 4.79 Å². The second kappa shape index (κ2) is 3.36. The number of nitrogens with one attached hydrogen (secondary N) is 1. The third-order valence-corrected chi connectivity index (χ3v) is 1.90. The maximum absolute atomic E-state index is 10.4. The molecule has 2 unspecified atom stereocenters. The lowest BCUT2D eigenvalue weighted by Crippen LogP contribution is -2.62. The number of carbonyl (C=O) groups is 1. The third-order valence-electron chi connectivity index (χ3n) is 1.90. The van der Waals surface area contributed by atoms with Crippen LogP contribution in [-0.4, -0.2) is 57.3 Å². The molecule has 1 fully saturated rings. The summed E-state index contributed by atoms with van der Waals surface area (Å²) in [6.07, 6.45) is -3.98. The zero-order valence-corrected chi connectivity index (χ0v) is 6.21. The Balaban J connectivity index is 2.65. The summed E-state index contributed by atoms with van der Waals surface area (Å²) in [5.41, 5.74) is 0. The summed E-state index contributed by atoms with van der Waals surface area (Å²) in [4.78, 5) is 10.4. The molecule has 70 valence electrons. The molecule has 0 amide bonds. The molecule has 4 atom stereocenters. The van der Waals surface area contributed by atoms with Crippen LogP contribution < -0.4 is 5.32 Å². The van der Waals surface area contributed by atoms with Gasteiger partial charge in [-0.15, -0.1) is 0 Å². The number of aliphatic hydroxyl groups is 3. The summed E-state index contributed by atoms with van der Waals surface area (Å²) in [5.74, 6) is -1.24. The SMILES string of the molecule is O=C(O)C1NC[C@@H](O)C(O)[C@@H]1O. The Kier molecular flexibility index (Phi) is 2.63. The highest BCUT2D eigenvalue weighted by atomic mass is 16.4. The van der Waals surface area contributed by atoms with Gasteiger partial charge in [0, 0.05) is 6.54 Å². The van der Waals surface area contributed by atoms with E-state index in [2.05, 4.69) is 5.32 Å². The average Bonchev–Trinajstić information content (AvgIpc) is 2.00. The lowest BCUT2D eigenvalue weighted by atomic mass is 9.96. The Morgan fingerprint density at radius 2 is 1.83 bits per heavy atom. The monoisotopic (exact) mass is 177 g/mol. The van der Waals surface area contributed by atoms with Crippen LogP contribution in [0.1, 0.15) is 0 Å². The van der Waals surface area contributed by atoms with Gasteiger partial charge in [-0.1, -0.05) is 0 Å². The van der Waals surface area contributed by atoms with Gasteiger partial charge in [-0.05, 0) is 0 Å². The summed E-state index contributed by atoms with van der Waals surface area (Å²) in [5, 5.41) is 38.1. The van der Waals surface area contributed by atoms with Crippen molar-refractivity contribution in [1.82, 2.24) is 5.32 Å². The van der Waals surface area contributed by atoms with Crippen LogP contribution in [0.25, 0.3) is 0 Å². The highest BCUT2D eigenvalue weighted by Crippen LogP contribution is 2.10. The molecule has 1 rings (SSSR count). The Morgan fingerprint density at radius 1 is 1.25 bits per heavy atom. The molecule has 0 radical (unpaired) electrons. The first-order chi connectivity index (χ1) is 5.54. The third kappa shape index (κ3) is 1.56. The van der Waals surface area contributed by atoms with Crippen LogP contribution in [0, 0.1) is 0 Å². The molecular weight excluding hydrogens is 166 g/mol. The van der Waals surface area contributed by atoms with E-state index in [1.54, 1.807) is 0 Å². The van der Waals surface area contributed by atoms with E-state index in [1.807, 2.05) is 0 Å². The first-order valence-corrected chi connectivity index (χ1v) is 3.54. The predicted molar refractivity (Wildman–Crippen MR) is 37.4 cm³/mol. The number of aliphatic hydroxyl groups excluding tert-OH is 3. The lowest BCUT2D eigenvalue weighted by molar-refractivity contribution is -0.152. The van der Waals surface area contributed by atoms with E-state index in [1.165, 1.54) is 0 Å². The van der Waals surface area contributed by atoms with Gasteiger partial charge >= 0.3 is 5.97 Å². The molecule has 0 aromatic rings. The van der Waals surface area contributed by atoms with E-state index in [0.717, 1.165) is 0 Å². The second-order valence-corrected chi connectivity index (χ2v) is 2.77. The van der Waals surface area contributed by atoms with Crippen LogP contribution in [0.5, 0.6) is 0 Å². The summed E-state index contributed by atoms with van der Waals surface area (Å²) < 4.78 is 0. The summed E-state index contributed by atoms with van der Waals surface area (Å²) in [6, 6.07) is -1.21. The van der Waals surface area contributed by atoms with Gasteiger partial charge in [-0.25, -0.2) is 0 Å². The number of carboxylic acids is 1. The van der Waals surface area contributed by atoms with Gasteiger partial charge < -0.3 is 20.4 Å². The Hall–Kier alpha value is -0.690. The fraction of sp³-hybridized carbons (Fsp3) is 0.833. The first-order valence-electron chi connectivity index (χ1n) is 3.54. The van der Waals surface area contributed by atoms with Crippen molar-refractivity contribution in [3.05, 3.63) is 0 Å². The second-order valence-electron chi connectivity index (χ2n) is 2.77. The number of hydrogen-bond donors (Lipinski definition) is 5. The van der Waals surface area contributed by atoms with Crippen molar-refractivity contribution < 1.29 is 25.2 Å². The number of β-amino-alcohol motifs (C(OH)–C–C–N with tert-alkyl or cyclic N) is 1. The van der Waals surface area contributed by atoms with Crippen molar-refractivity contribution in [2.45, 2.75) is 24.4 Å². The van der Waals surface area contributed by atoms with E-state index in [4.69, 9.17) is 20.4 Å². The topological polar surface area (TPSA) is 110 Å². The zero-order valence-electron chi connectivity index (χ0n) is 6.21. The Bertz CT molecular complexity index is 185. The highest BCUT2D eigenvalue weighted by Gasteiger charge is 2.39. The van der Waals surface area contributed by atoms with Gasteiger partial charge in [0.05, 0.1) is 6.10 Å². The summed E-state index contributed by atoms with van der Waals surface area (Å²) >= 11 is 0. The molecule has 1 saturated heterocycles. The quantitative estimate of drug-likeness (QED) is 0.294. The molecule has 6 heteroatoms. The fourth-order valence-electron chi connectivity index (χ4n) is 1.15. The van der Waals surface area contributed by atoms with E-state index < -0.39 is 30.3 Å². The van der Waals surface area contributed by atoms with Gasteiger partial charge in [0.25, 0.3) is 0 Å². The molecule has 1 aliphatic heterocycles. The predicted octanol–water partition coefficient (Wildman–Crippen LogP) is -2.87. The van der Waals surface area contributed by atoms with Crippen molar-refractivity contribution in [1.29, 1.82) is 0 Å². The standard InChI is InChI=1S/C6H11NO5/c8-2-1-7-3(6(11)12)5(10)4(2)9/h2-5,7-10H,1H2,(H,11,12)/t2-,3?,4?,5-/m1/s1. The van der Waals surface area contributed by atoms with Crippen molar-refractivity contribution in [2.24, 2.45) is 0 Å². The summed E-state index contributed by atoms with van der Waals surface area (Å²) in [6.45, 7) is -0.0325. The smallest absolute Gasteiger partial charge is 0.323 e. The molecule has 0 bridgehead atoms. The highest BCUT2D eigenvalue weighted by molar-refractivity contribution is 5.74. The maximum atomic E-state index is 10.4. The largest absolute Gasteiger partial charge is 0.480 e. The molecule has 0 aromatic carbocycles. The van der Waals surface area contributed by atoms with Crippen LogP contribution in [0.2, 0.25) is 0 Å². The fourth-order valence-corrected chi connectivity index (χ4v) is 1.15. The molecule has 6 nitrogen and oxygen atoms in total. The van der Waals surface area contributed by atoms with Gasteiger partial charge in [0.15, 0.2) is 0 Å². The number of aliphatic carboxylic acids is 1. The minimum absolute atomic E-state index is 0.0325. The van der Waals surface area contributed by atoms with Gasteiger partial charge in [-0.2, -0.15) is 0 Å². The zero-order chi connectivity index (χ0) is 9.30. The minimum atomic E-state index is -1.47. The van der Waals surface area contributed by atoms with Crippen molar-refractivity contribution in [3.8, 4) is 0 Å². The molecule has 12 heavy (non-hydrogen) atoms. The molecular formula is C6H11NO5. The van der Waals surface area contributed by atoms with Crippen LogP contribution in [0.3, 0.4) is 0 Å². The molecule has 5 N–H and O–H groups in total. The number of rotatable bonds is 1. The summed E-state index contributed by atoms with van der Waals surface area (Å²) in [7, 11) is 0. The lowest BCUT2D eigenvalue weighted by Gasteiger charge is -2.33. The molecule has 1 aliphatic rings. The Morgan fingerprint density at radius 3 is 2.33 bits per heavy atom. The Labute approximate surface area is 68.4 Å². The molecule has 0 spiro atoms. The first kappa shape index (κ1) is 9.40. The van der Waals surface area contributed by atoms with Crippen LogP contribution in [0.15, 0.2) is 0 Å². The number of hydrogen-bond acceptors (Lipinski definition) is 5. The van der Waals surface area contributed by atoms with Gasteiger partial charge in [0.2, 0.25) is 0 Å². The molecule has 1 heterocycles. The van der Waals surface area contributed by atoms with Crippen molar-refractivity contribution in [3.63, 3.8) is 0 Å². The van der Waals surface area contributed by atoms with E-state index in [-0.39, 0.29) is 6.54 Å². The number of piperidine rings is 1. The minimum Gasteiger partial charge on any atom is -0.480 e. The van der Waals surface area contributed by atoms with E-state index in [0.29, 0.717) is 0 Å². The van der Waals surface area contributed by atoms with Crippen molar-refractivity contribution in [2.75, 3.05) is 6.54 Å².